The summed E-state index contributed by atoms with van der Waals surface area (Å²) in [6, 6.07) is 18.8. The first-order chi connectivity index (χ1) is 15.7. The van der Waals surface area contributed by atoms with Crippen LogP contribution in [0.2, 0.25) is 0 Å². The third-order valence-electron chi connectivity index (χ3n) is 5.40. The highest BCUT2D eigenvalue weighted by Crippen LogP contribution is 2.35. The lowest BCUT2D eigenvalue weighted by Crippen LogP contribution is -2.67. The van der Waals surface area contributed by atoms with Gasteiger partial charge < -0.3 is 29.0 Å². The molecule has 7 heteroatoms. The number of hydrogen-bond donors (Lipinski definition) is 1. The maximum absolute atomic E-state index is 12.0. The molecular formula is C25H27NO6. The molecule has 0 saturated carbocycles. The predicted molar refractivity (Wildman–Crippen MR) is 116 cm³/mol. The number of fused-ring (bicyclic) bond motifs is 1. The Kier molecular flexibility index (Phi) is 7.53. The Bertz CT molecular complexity index is 915. The Morgan fingerprint density at radius 3 is 2.50 bits per heavy atom. The van der Waals surface area contributed by atoms with Crippen LogP contribution in [0.25, 0.3) is 0 Å². The lowest BCUT2D eigenvalue weighted by Gasteiger charge is -2.49. The van der Waals surface area contributed by atoms with E-state index < -0.39 is 36.9 Å². The molecule has 0 spiro atoms. The largest absolute Gasteiger partial charge is 0.360 e. The molecule has 2 aromatic carbocycles. The van der Waals surface area contributed by atoms with Crippen LogP contribution in [0.4, 0.5) is 0 Å². The lowest BCUT2D eigenvalue weighted by molar-refractivity contribution is -0.348. The summed E-state index contributed by atoms with van der Waals surface area (Å²) in [5.74, 6) is 2.27. The third kappa shape index (κ3) is 5.36. The van der Waals surface area contributed by atoms with E-state index in [4.69, 9.17) is 30.1 Å². The van der Waals surface area contributed by atoms with Gasteiger partial charge in [-0.1, -0.05) is 66.6 Å². The molecular weight excluding hydrogens is 410 g/mol. The van der Waals surface area contributed by atoms with E-state index in [1.54, 1.807) is 0 Å². The van der Waals surface area contributed by atoms with Gasteiger partial charge in [-0.3, -0.25) is 4.79 Å². The molecule has 168 valence electrons. The molecule has 7 nitrogen and oxygen atoms in total. The van der Waals surface area contributed by atoms with Crippen molar-refractivity contribution in [3.8, 4) is 12.3 Å². The highest BCUT2D eigenvalue weighted by atomic mass is 16.7. The topological polar surface area (TPSA) is 75.3 Å². The van der Waals surface area contributed by atoms with Crippen LogP contribution in [0.1, 0.15) is 24.3 Å². The summed E-state index contributed by atoms with van der Waals surface area (Å²) in [5, 5.41) is 2.91. The third-order valence-corrected chi connectivity index (χ3v) is 5.40. The monoisotopic (exact) mass is 437 g/mol. The van der Waals surface area contributed by atoms with Crippen molar-refractivity contribution >= 4 is 5.91 Å². The summed E-state index contributed by atoms with van der Waals surface area (Å²) < 4.78 is 30.5. The Labute approximate surface area is 187 Å². The van der Waals surface area contributed by atoms with Gasteiger partial charge in [0.15, 0.2) is 12.6 Å². The molecule has 2 fully saturated rings. The van der Waals surface area contributed by atoms with E-state index in [1.807, 2.05) is 60.7 Å². The van der Waals surface area contributed by atoms with E-state index in [0.717, 1.165) is 11.1 Å². The van der Waals surface area contributed by atoms with Gasteiger partial charge in [-0.05, 0) is 5.56 Å². The van der Waals surface area contributed by atoms with Crippen molar-refractivity contribution in [2.75, 3.05) is 13.2 Å². The molecule has 0 radical (unpaired) electrons. The summed E-state index contributed by atoms with van der Waals surface area (Å²) >= 11 is 0. The number of nitrogens with one attached hydrogen (secondary N) is 1. The summed E-state index contributed by atoms with van der Waals surface area (Å²) in [6.07, 6.45) is 2.60. The first kappa shape index (κ1) is 22.5. The van der Waals surface area contributed by atoms with Crippen LogP contribution in [0, 0.1) is 12.3 Å². The summed E-state index contributed by atoms with van der Waals surface area (Å²) in [4.78, 5) is 12.0. The second-order valence-corrected chi connectivity index (χ2v) is 7.72. The highest BCUT2D eigenvalue weighted by molar-refractivity contribution is 5.73. The van der Waals surface area contributed by atoms with Crippen molar-refractivity contribution < 1.29 is 28.5 Å². The number of terminal acetylenes is 1. The number of carbonyl (C=O) groups excluding carboxylic acids is 1. The van der Waals surface area contributed by atoms with Gasteiger partial charge in [0.1, 0.15) is 31.0 Å². The molecule has 0 bridgehead atoms. The second-order valence-electron chi connectivity index (χ2n) is 7.72. The molecule has 4 rings (SSSR count). The van der Waals surface area contributed by atoms with Gasteiger partial charge in [-0.25, -0.2) is 0 Å². The van der Waals surface area contributed by atoms with Crippen LogP contribution in [0.5, 0.6) is 0 Å². The summed E-state index contributed by atoms with van der Waals surface area (Å²) in [7, 11) is 0. The average Bonchev–Trinajstić information content (AvgIpc) is 2.82. The van der Waals surface area contributed by atoms with Crippen LogP contribution in [0.3, 0.4) is 0 Å². The zero-order valence-corrected chi connectivity index (χ0v) is 17.9. The molecule has 1 amide bonds. The zero-order chi connectivity index (χ0) is 22.3. The fourth-order valence-electron chi connectivity index (χ4n) is 3.98. The number of amides is 1. The van der Waals surface area contributed by atoms with E-state index in [9.17, 15) is 4.79 Å². The molecule has 2 heterocycles. The first-order valence-corrected chi connectivity index (χ1v) is 10.6. The van der Waals surface area contributed by atoms with E-state index in [1.165, 1.54) is 6.92 Å². The molecule has 2 aromatic rings. The fourth-order valence-corrected chi connectivity index (χ4v) is 3.98. The second kappa shape index (κ2) is 10.7. The van der Waals surface area contributed by atoms with Crippen molar-refractivity contribution in [3.63, 3.8) is 0 Å². The quantitative estimate of drug-likeness (QED) is 0.671. The van der Waals surface area contributed by atoms with E-state index in [2.05, 4.69) is 11.2 Å². The number of carbonyl (C=O) groups is 1. The SMILES string of the molecule is C#CCO[C@@H]1[C@@H](NC(C)=O)[C@H](OCc2ccccc2)O[C@@H]2CO[C@H](c3ccccc3)O[C@H]12. The molecule has 0 aromatic heterocycles. The van der Waals surface area contributed by atoms with Crippen LogP contribution < -0.4 is 5.32 Å². The molecule has 2 saturated heterocycles. The number of ether oxygens (including phenoxy) is 5. The van der Waals surface area contributed by atoms with Crippen LogP contribution >= 0.6 is 0 Å². The molecule has 0 unspecified atom stereocenters. The van der Waals surface area contributed by atoms with Gasteiger partial charge in [-0.2, -0.15) is 0 Å². The van der Waals surface area contributed by atoms with Crippen molar-refractivity contribution in [1.82, 2.24) is 5.32 Å². The normalized spacial score (nSPS) is 29.5. The van der Waals surface area contributed by atoms with E-state index in [-0.39, 0.29) is 19.1 Å². The molecule has 2 aliphatic rings. The Morgan fingerprint density at radius 2 is 1.81 bits per heavy atom. The van der Waals surface area contributed by atoms with Gasteiger partial charge in [0.05, 0.1) is 13.2 Å². The molecule has 0 aliphatic carbocycles. The Morgan fingerprint density at radius 1 is 1.09 bits per heavy atom. The van der Waals surface area contributed by atoms with Gasteiger partial charge in [-0.15, -0.1) is 6.42 Å². The molecule has 32 heavy (non-hydrogen) atoms. The van der Waals surface area contributed by atoms with Crippen molar-refractivity contribution in [3.05, 3.63) is 71.8 Å². The zero-order valence-electron chi connectivity index (χ0n) is 17.9. The maximum atomic E-state index is 12.0. The van der Waals surface area contributed by atoms with Crippen LogP contribution in [0.15, 0.2) is 60.7 Å². The minimum Gasteiger partial charge on any atom is -0.360 e. The smallest absolute Gasteiger partial charge is 0.217 e. The summed E-state index contributed by atoms with van der Waals surface area (Å²) in [5.41, 5.74) is 1.88. The molecule has 2 aliphatic heterocycles. The number of benzene rings is 2. The van der Waals surface area contributed by atoms with Crippen molar-refractivity contribution in [1.29, 1.82) is 0 Å². The van der Waals surface area contributed by atoms with E-state index >= 15 is 0 Å². The maximum Gasteiger partial charge on any atom is 0.217 e. The minimum absolute atomic E-state index is 0.0651. The average molecular weight is 437 g/mol. The fraction of sp³-hybridized carbons (Fsp3) is 0.400. The Hall–Kier alpha value is -2.73. The van der Waals surface area contributed by atoms with Crippen molar-refractivity contribution in [2.24, 2.45) is 0 Å². The van der Waals surface area contributed by atoms with Crippen molar-refractivity contribution in [2.45, 2.75) is 50.5 Å². The number of hydrogen-bond acceptors (Lipinski definition) is 6. The standard InChI is InChI=1S/C25H27NO6/c1-3-14-28-23-21(26-17(2)27)25(29-15-18-10-6-4-7-11-18)31-20-16-30-24(32-22(20)23)19-12-8-5-9-13-19/h1,4-13,20-25H,14-16H2,2H3,(H,26,27)/t20-,21-,22+,23-,24+,25-/m1/s1. The number of rotatable bonds is 7. The van der Waals surface area contributed by atoms with Gasteiger partial charge in [0.2, 0.25) is 5.91 Å². The van der Waals surface area contributed by atoms with Crippen LogP contribution in [-0.2, 0) is 35.1 Å². The summed E-state index contributed by atoms with van der Waals surface area (Å²) in [6.45, 7) is 2.11. The Balaban J connectivity index is 1.55. The van der Waals surface area contributed by atoms with Gasteiger partial charge in [0, 0.05) is 12.5 Å². The highest BCUT2D eigenvalue weighted by Gasteiger charge is 2.51. The van der Waals surface area contributed by atoms with Gasteiger partial charge in [0.25, 0.3) is 0 Å². The lowest BCUT2D eigenvalue weighted by atomic mass is 9.95. The molecule has 6 atom stereocenters. The van der Waals surface area contributed by atoms with E-state index in [0.29, 0.717) is 6.61 Å². The minimum atomic E-state index is -0.761. The van der Waals surface area contributed by atoms with Gasteiger partial charge >= 0.3 is 0 Å². The van der Waals surface area contributed by atoms with Crippen LogP contribution in [-0.4, -0.2) is 49.8 Å². The first-order valence-electron chi connectivity index (χ1n) is 10.6. The predicted octanol–water partition coefficient (Wildman–Crippen LogP) is 2.57. The molecule has 1 N–H and O–H groups in total.